The SMILES string of the molecule is CCCCCC1(CCCCC)O[C@@H]2[C@H]3ON(Cc4cccc(C=C5CCC6O[C@]6(C)CC[C@@H]6[C@@H]5CC6(C)C)c4)[C@H]4C(=O)OC(CC34C(=O)N3CCC[C@@H]3C(=O)N[C@H](CO)CCC(=O)OC(C)(C)C)[C@@H]2O1. The molecule has 0 aromatic heterocycles. The van der Waals surface area contributed by atoms with Gasteiger partial charge in [-0.05, 0) is 120 Å². The van der Waals surface area contributed by atoms with Gasteiger partial charge >= 0.3 is 11.9 Å². The van der Waals surface area contributed by atoms with Gasteiger partial charge in [-0.3, -0.25) is 24.0 Å². The van der Waals surface area contributed by atoms with Gasteiger partial charge in [0, 0.05) is 32.2 Å². The summed E-state index contributed by atoms with van der Waals surface area (Å²) < 4.78 is 32.3. The van der Waals surface area contributed by atoms with Crippen LogP contribution in [-0.4, -0.2) is 118 Å². The van der Waals surface area contributed by atoms with Crippen LogP contribution in [0.3, 0.4) is 0 Å². The number of unbranched alkanes of at least 4 members (excludes halogenated alkanes) is 4. The number of epoxide rings is 1. The van der Waals surface area contributed by atoms with E-state index >= 15 is 4.79 Å². The summed E-state index contributed by atoms with van der Waals surface area (Å²) >= 11 is 0. The largest absolute Gasteiger partial charge is 0.460 e. The first-order valence-corrected chi connectivity index (χ1v) is 27.2. The number of allylic oxidation sites excluding steroid dienone is 1. The summed E-state index contributed by atoms with van der Waals surface area (Å²) in [4.78, 5) is 66.1. The van der Waals surface area contributed by atoms with Crippen molar-refractivity contribution in [2.45, 2.75) is 243 Å². The number of fused-ring (bicyclic) bond motifs is 6. The number of hydrogen-bond acceptors (Lipinski definition) is 12. The average Bonchev–Trinajstić information content (AvgIpc) is 3.68. The number of carbonyl (C=O) groups is 4. The fourth-order valence-corrected chi connectivity index (χ4v) is 13.8. The summed E-state index contributed by atoms with van der Waals surface area (Å²) in [6.45, 7) is 17.0. The van der Waals surface area contributed by atoms with E-state index in [1.165, 1.54) is 18.4 Å². The molecule has 388 valence electrons. The number of benzene rings is 1. The predicted octanol–water partition coefficient (Wildman–Crippen LogP) is 8.49. The van der Waals surface area contributed by atoms with E-state index in [1.807, 2.05) is 6.07 Å². The highest BCUT2D eigenvalue weighted by Crippen LogP contribution is 2.61. The van der Waals surface area contributed by atoms with Gasteiger partial charge in [-0.2, -0.15) is 5.06 Å². The first-order chi connectivity index (χ1) is 33.3. The van der Waals surface area contributed by atoms with Crippen LogP contribution >= 0.6 is 0 Å². The molecule has 9 rings (SSSR count). The van der Waals surface area contributed by atoms with Crippen molar-refractivity contribution in [1.29, 1.82) is 0 Å². The van der Waals surface area contributed by atoms with Gasteiger partial charge in [0.2, 0.25) is 11.8 Å². The molecule has 8 aliphatic rings. The zero-order valence-corrected chi connectivity index (χ0v) is 43.4. The summed E-state index contributed by atoms with van der Waals surface area (Å²) in [5.41, 5.74) is 1.72. The number of nitrogens with zero attached hydrogens (tertiary/aromatic N) is 2. The number of nitrogens with one attached hydrogen (secondary N) is 1. The minimum Gasteiger partial charge on any atom is -0.460 e. The molecular formula is C56H83N3O11. The number of esters is 2. The predicted molar refractivity (Wildman–Crippen MR) is 262 cm³/mol. The van der Waals surface area contributed by atoms with Crippen LogP contribution in [-0.2, 0) is 54.2 Å². The van der Waals surface area contributed by atoms with Gasteiger partial charge < -0.3 is 39.0 Å². The summed E-state index contributed by atoms with van der Waals surface area (Å²) in [7, 11) is 0. The van der Waals surface area contributed by atoms with Gasteiger partial charge in [-0.1, -0.05) is 89.3 Å². The smallest absolute Gasteiger partial charge is 0.327 e. The second-order valence-electron chi connectivity index (χ2n) is 24.2. The Bertz CT molecular complexity index is 2130. The number of rotatable bonds is 18. The van der Waals surface area contributed by atoms with Gasteiger partial charge in [0.05, 0.1) is 30.9 Å². The summed E-state index contributed by atoms with van der Waals surface area (Å²) in [6.07, 6.45) is 13.9. The van der Waals surface area contributed by atoms with Crippen molar-refractivity contribution < 1.29 is 52.8 Å². The van der Waals surface area contributed by atoms with Crippen molar-refractivity contribution in [2.24, 2.45) is 22.7 Å². The van der Waals surface area contributed by atoms with Gasteiger partial charge in [0.1, 0.15) is 41.5 Å². The van der Waals surface area contributed by atoms with E-state index in [4.69, 9.17) is 28.5 Å². The Balaban J connectivity index is 1.01. The molecule has 3 saturated carbocycles. The maximum Gasteiger partial charge on any atom is 0.327 e. The molecule has 14 nitrogen and oxygen atoms in total. The van der Waals surface area contributed by atoms with Crippen LogP contribution in [0.1, 0.15) is 182 Å². The van der Waals surface area contributed by atoms with E-state index in [0.717, 1.165) is 68.9 Å². The first-order valence-electron chi connectivity index (χ1n) is 27.2. The Morgan fingerprint density at radius 2 is 1.71 bits per heavy atom. The number of hydrogen-bond donors (Lipinski definition) is 2. The Labute approximate surface area is 416 Å². The third-order valence-electron chi connectivity index (χ3n) is 17.5. The number of amides is 2. The number of carbonyl (C=O) groups excluding carboxylic acids is 4. The quantitative estimate of drug-likeness (QED) is 0.0820. The lowest BCUT2D eigenvalue weighted by Gasteiger charge is -2.53. The molecule has 5 saturated heterocycles. The van der Waals surface area contributed by atoms with Gasteiger partial charge in [0.25, 0.3) is 0 Å². The van der Waals surface area contributed by atoms with E-state index in [2.05, 4.69) is 64.2 Å². The summed E-state index contributed by atoms with van der Waals surface area (Å²) in [5, 5.41) is 14.9. The van der Waals surface area contributed by atoms with Crippen molar-refractivity contribution >= 4 is 29.8 Å². The fraction of sp³-hybridized carbons (Fsp3) is 0.786. The van der Waals surface area contributed by atoms with E-state index in [0.29, 0.717) is 55.6 Å². The highest BCUT2D eigenvalue weighted by atomic mass is 16.8. The average molecular weight is 974 g/mol. The third-order valence-corrected chi connectivity index (χ3v) is 17.5. The van der Waals surface area contributed by atoms with Crippen LogP contribution in [0.4, 0.5) is 0 Å². The molecule has 5 heterocycles. The van der Waals surface area contributed by atoms with Crippen LogP contribution < -0.4 is 5.32 Å². The Hall–Kier alpha value is -3.40. The molecule has 1 aromatic rings. The lowest BCUT2D eigenvalue weighted by Crippen LogP contribution is -2.70. The van der Waals surface area contributed by atoms with Crippen LogP contribution in [0, 0.1) is 22.7 Å². The van der Waals surface area contributed by atoms with Crippen molar-refractivity contribution in [3.63, 3.8) is 0 Å². The molecule has 8 fully saturated rings. The molecule has 5 aliphatic heterocycles. The normalized spacial score (nSPS) is 35.8. The third kappa shape index (κ3) is 10.1. The monoisotopic (exact) mass is 974 g/mol. The molecular weight excluding hydrogens is 891 g/mol. The maximum atomic E-state index is 15.8. The fourth-order valence-electron chi connectivity index (χ4n) is 13.8. The Morgan fingerprint density at radius 3 is 2.41 bits per heavy atom. The number of likely N-dealkylation sites (tertiary alicyclic amines) is 1. The van der Waals surface area contributed by atoms with Crippen molar-refractivity contribution in [1.82, 2.24) is 15.3 Å². The molecule has 14 heteroatoms. The topological polar surface area (TPSA) is 166 Å². The van der Waals surface area contributed by atoms with Crippen LogP contribution in [0.5, 0.6) is 0 Å². The number of hydroxylamine groups is 2. The summed E-state index contributed by atoms with van der Waals surface area (Å²) in [5.74, 6) is -1.46. The second kappa shape index (κ2) is 20.1. The second-order valence-corrected chi connectivity index (χ2v) is 24.2. The molecule has 0 spiro atoms. The molecule has 2 bridgehead atoms. The molecule has 12 atom stereocenters. The van der Waals surface area contributed by atoms with Crippen LogP contribution in [0.15, 0.2) is 29.8 Å². The van der Waals surface area contributed by atoms with Gasteiger partial charge in [-0.25, -0.2) is 0 Å². The van der Waals surface area contributed by atoms with Crippen molar-refractivity contribution in [3.05, 3.63) is 41.0 Å². The number of aliphatic hydroxyl groups is 1. The van der Waals surface area contributed by atoms with Crippen LogP contribution in [0.25, 0.3) is 6.08 Å². The zero-order valence-electron chi connectivity index (χ0n) is 43.4. The van der Waals surface area contributed by atoms with Gasteiger partial charge in [0.15, 0.2) is 11.8 Å². The standard InChI is InChI=1S/C56H83N3O11/c1-9-11-13-25-55(26-14-12-10-2)68-45-42-32-56(51(64)58-28-16-19-41(58)49(62)57-38(34-60)21-23-44(61)67-52(3,4)5)47(50(63)65-42)59(70-48(56)46(45)69-55)33-36-18-15-17-35(29-36)30-37-20-22-43-54(8,66-43)27-24-40-39(37)31-53(40,6)7/h15,17-18,29-30,38-43,45-48,60H,9-14,16,19-28,31-34H2,1-8H3,(H,57,62)/t38-,39+,40+,41+,42?,43?,45-,46-,47-,48+,54+,56?/m0/s1. The highest BCUT2D eigenvalue weighted by molar-refractivity contribution is 5.96. The molecule has 3 aliphatic carbocycles. The summed E-state index contributed by atoms with van der Waals surface area (Å²) in [6, 6.07) is 5.76. The Kier molecular flexibility index (Phi) is 14.8. The number of ether oxygens (including phenoxy) is 5. The highest BCUT2D eigenvalue weighted by Gasteiger charge is 2.77. The lowest BCUT2D eigenvalue weighted by atomic mass is 9.52. The van der Waals surface area contributed by atoms with E-state index in [-0.39, 0.29) is 43.9 Å². The van der Waals surface area contributed by atoms with Gasteiger partial charge in [-0.15, -0.1) is 0 Å². The minimum atomic E-state index is -1.44. The van der Waals surface area contributed by atoms with Crippen molar-refractivity contribution in [3.8, 4) is 0 Å². The van der Waals surface area contributed by atoms with E-state index < -0.39 is 77.2 Å². The Morgan fingerprint density at radius 1 is 0.971 bits per heavy atom. The van der Waals surface area contributed by atoms with E-state index in [1.54, 1.807) is 30.7 Å². The minimum absolute atomic E-state index is 0.00828. The first kappa shape index (κ1) is 51.5. The zero-order chi connectivity index (χ0) is 49.8. The molecule has 70 heavy (non-hydrogen) atoms. The molecule has 1 aromatic carbocycles. The molecule has 2 N–H and O–H groups in total. The molecule has 0 radical (unpaired) electrons. The maximum absolute atomic E-state index is 15.8. The molecule has 2 amide bonds. The van der Waals surface area contributed by atoms with Crippen molar-refractivity contribution in [2.75, 3.05) is 13.2 Å². The number of aliphatic hydroxyl groups excluding tert-OH is 1. The lowest BCUT2D eigenvalue weighted by molar-refractivity contribution is -0.225. The van der Waals surface area contributed by atoms with Crippen LogP contribution in [0.2, 0.25) is 0 Å². The molecule has 3 unspecified atom stereocenters. The van der Waals surface area contributed by atoms with E-state index in [9.17, 15) is 19.5 Å².